The molecule has 0 bridgehead atoms. The molecule has 190 valence electrons. The van der Waals surface area contributed by atoms with Crippen LogP contribution in [0.4, 0.5) is 0 Å². The molecule has 5 heterocycles. The highest BCUT2D eigenvalue weighted by Crippen LogP contribution is 2.44. The Morgan fingerprint density at radius 1 is 1.44 bits per heavy atom. The number of carbonyl (C=O) groups is 3. The number of rotatable bonds is 9. The Kier molecular flexibility index (Phi) is 7.57. The minimum Gasteiger partial charge on any atom is -0.477 e. The maximum Gasteiger partial charge on any atom is 0.352 e. The molecule has 5 rings (SSSR count). The number of aromatic nitrogens is 1. The topological polar surface area (TPSA) is 141 Å². The molecule has 4 N–H and O–H groups in total. The smallest absolute Gasteiger partial charge is 0.352 e. The van der Waals surface area contributed by atoms with E-state index in [0.717, 1.165) is 17.6 Å². The number of hydrazine groups is 1. The van der Waals surface area contributed by atoms with Gasteiger partial charge in [0.25, 0.3) is 5.91 Å². The molecule has 4 aliphatic rings. The molecule has 4 aliphatic heterocycles. The average Bonchev–Trinajstić information content (AvgIpc) is 3.18. The van der Waals surface area contributed by atoms with Gasteiger partial charge in [-0.1, -0.05) is 23.0 Å². The van der Waals surface area contributed by atoms with Gasteiger partial charge >= 0.3 is 5.97 Å². The molecule has 2 fully saturated rings. The zero-order chi connectivity index (χ0) is 25.4. The SMILES string of the molecule is CSON1C(C(=O)NC2C(=O)N3C(C(=O)O)=C(CS/C=C\c4cccnc4)CS[C@@H]23)C2=CSC(N)N21. The number of hydrogen-bond acceptors (Lipinski definition) is 12. The summed E-state index contributed by atoms with van der Waals surface area (Å²) in [6, 6.07) is 2.21. The number of nitrogens with one attached hydrogen (secondary N) is 1. The maximum absolute atomic E-state index is 13.1. The molecule has 11 nitrogen and oxygen atoms in total. The van der Waals surface area contributed by atoms with Crippen LogP contribution in [0.2, 0.25) is 0 Å². The predicted octanol–water partition coefficient (Wildman–Crippen LogP) is 1.47. The summed E-state index contributed by atoms with van der Waals surface area (Å²) >= 11 is 5.33. The first kappa shape index (κ1) is 25.5. The number of nitrogens with zero attached hydrogens (tertiary/aromatic N) is 4. The van der Waals surface area contributed by atoms with E-state index >= 15 is 0 Å². The van der Waals surface area contributed by atoms with Gasteiger partial charge in [-0.25, -0.2) is 9.08 Å². The molecule has 15 heteroatoms. The Bertz CT molecular complexity index is 1160. The minimum atomic E-state index is -1.15. The lowest BCUT2D eigenvalue weighted by molar-refractivity contribution is -0.273. The molecule has 0 aliphatic carbocycles. The number of aliphatic carboxylic acids is 1. The summed E-state index contributed by atoms with van der Waals surface area (Å²) in [5, 5.41) is 18.9. The van der Waals surface area contributed by atoms with E-state index in [1.807, 2.05) is 23.6 Å². The van der Waals surface area contributed by atoms with E-state index in [1.165, 1.54) is 45.4 Å². The number of pyridine rings is 1. The number of carbonyl (C=O) groups excluding carboxylic acids is 2. The van der Waals surface area contributed by atoms with E-state index < -0.39 is 35.2 Å². The second-order valence-electron chi connectivity index (χ2n) is 7.91. The number of amides is 2. The van der Waals surface area contributed by atoms with Crippen molar-refractivity contribution < 1.29 is 23.8 Å². The van der Waals surface area contributed by atoms with Crippen molar-refractivity contribution >= 4 is 71.2 Å². The van der Waals surface area contributed by atoms with Gasteiger partial charge in [0.15, 0.2) is 6.04 Å². The van der Waals surface area contributed by atoms with E-state index in [4.69, 9.17) is 10.0 Å². The van der Waals surface area contributed by atoms with Crippen molar-refractivity contribution in [3.63, 3.8) is 0 Å². The van der Waals surface area contributed by atoms with Gasteiger partial charge in [-0.2, -0.15) is 0 Å². The number of carboxylic acid groups (broad SMARTS) is 1. The van der Waals surface area contributed by atoms with Crippen LogP contribution >= 0.6 is 47.3 Å². The number of β-lactam (4-membered cyclic amide) rings is 1. The van der Waals surface area contributed by atoms with Gasteiger partial charge < -0.3 is 16.2 Å². The number of hydroxylamine groups is 1. The van der Waals surface area contributed by atoms with E-state index in [0.29, 0.717) is 22.8 Å². The molecule has 0 radical (unpaired) electrons. The summed E-state index contributed by atoms with van der Waals surface area (Å²) in [5.74, 6) is -1.11. The van der Waals surface area contributed by atoms with Gasteiger partial charge in [0.1, 0.15) is 22.6 Å². The molecule has 4 atom stereocenters. The molecule has 0 spiro atoms. The van der Waals surface area contributed by atoms with Gasteiger partial charge in [-0.05, 0) is 34.1 Å². The Morgan fingerprint density at radius 2 is 2.28 bits per heavy atom. The zero-order valence-electron chi connectivity index (χ0n) is 18.8. The van der Waals surface area contributed by atoms with Gasteiger partial charge in [0, 0.05) is 42.2 Å². The first-order valence-electron chi connectivity index (χ1n) is 10.7. The van der Waals surface area contributed by atoms with Gasteiger partial charge in [0.2, 0.25) is 5.91 Å². The zero-order valence-corrected chi connectivity index (χ0v) is 22.1. The number of fused-ring (bicyclic) bond motifs is 2. The van der Waals surface area contributed by atoms with E-state index in [9.17, 15) is 19.5 Å². The van der Waals surface area contributed by atoms with Gasteiger partial charge in [-0.3, -0.25) is 24.5 Å². The van der Waals surface area contributed by atoms with Crippen molar-refractivity contribution in [2.45, 2.75) is 23.0 Å². The fraction of sp³-hybridized carbons (Fsp3) is 0.333. The molecule has 0 saturated carbocycles. The third kappa shape index (κ3) is 4.53. The summed E-state index contributed by atoms with van der Waals surface area (Å²) in [6.45, 7) is 0. The standard InChI is InChI=1S/C21H22N6O5S4/c1-33-32-27-16(13-10-36-21(22)26(13)27)17(28)24-14-18(29)25-15(20(30)31)12(9-35-19(14)25)8-34-6-4-11-3-2-5-23-7-11/h2-7,10,14,16,19,21H,8-9,22H2,1H3,(H,24,28)(H,30,31)/b6-4-/t14?,16?,19-,21?/m0/s1. The van der Waals surface area contributed by atoms with Crippen LogP contribution in [-0.4, -0.2) is 83.7 Å². The summed E-state index contributed by atoms with van der Waals surface area (Å²) < 4.78 is 5.48. The molecule has 1 aromatic heterocycles. The van der Waals surface area contributed by atoms with Crippen LogP contribution in [-0.2, 0) is 18.7 Å². The largest absolute Gasteiger partial charge is 0.477 e. The highest BCUT2D eigenvalue weighted by Gasteiger charge is 2.57. The highest BCUT2D eigenvalue weighted by atomic mass is 32.2. The molecule has 2 amide bonds. The van der Waals surface area contributed by atoms with Crippen LogP contribution in [0.5, 0.6) is 0 Å². The Balaban J connectivity index is 1.24. The molecular formula is C21H22N6O5S4. The Morgan fingerprint density at radius 3 is 3.00 bits per heavy atom. The van der Waals surface area contributed by atoms with Gasteiger partial charge in [-0.15, -0.1) is 23.5 Å². The summed E-state index contributed by atoms with van der Waals surface area (Å²) in [7, 11) is 0. The minimum absolute atomic E-state index is 0.000404. The van der Waals surface area contributed by atoms with Crippen LogP contribution in [0, 0.1) is 0 Å². The Hall–Kier alpha value is -2.14. The van der Waals surface area contributed by atoms with Crippen molar-refractivity contribution in [3.8, 4) is 0 Å². The fourth-order valence-electron chi connectivity index (χ4n) is 4.16. The highest BCUT2D eigenvalue weighted by molar-refractivity contribution is 8.03. The van der Waals surface area contributed by atoms with Crippen LogP contribution in [0.3, 0.4) is 0 Å². The van der Waals surface area contributed by atoms with Crippen LogP contribution in [0.1, 0.15) is 5.56 Å². The normalized spacial score (nSPS) is 27.4. The molecule has 0 aromatic carbocycles. The maximum atomic E-state index is 13.1. The molecule has 36 heavy (non-hydrogen) atoms. The average molecular weight is 567 g/mol. The lowest BCUT2D eigenvalue weighted by Crippen LogP contribution is -2.74. The molecule has 1 aromatic rings. The summed E-state index contributed by atoms with van der Waals surface area (Å²) in [4.78, 5) is 43.5. The van der Waals surface area contributed by atoms with Crippen LogP contribution < -0.4 is 11.1 Å². The monoisotopic (exact) mass is 566 g/mol. The fourth-order valence-corrected chi connectivity index (χ4v) is 7.58. The lowest BCUT2D eigenvalue weighted by atomic mass is 10.0. The lowest BCUT2D eigenvalue weighted by Gasteiger charge is -2.52. The van der Waals surface area contributed by atoms with E-state index in [1.54, 1.807) is 29.1 Å². The third-order valence-corrected chi connectivity index (χ3v) is 9.13. The molecule has 2 saturated heterocycles. The first-order chi connectivity index (χ1) is 17.4. The van der Waals surface area contributed by atoms with Gasteiger partial charge in [0.05, 0.1) is 5.70 Å². The molecule has 3 unspecified atom stereocenters. The van der Waals surface area contributed by atoms with Crippen LogP contribution in [0.25, 0.3) is 6.08 Å². The van der Waals surface area contributed by atoms with Crippen molar-refractivity contribution in [2.75, 3.05) is 17.8 Å². The quantitative estimate of drug-likeness (QED) is 0.294. The molecular weight excluding hydrogens is 545 g/mol. The summed E-state index contributed by atoms with van der Waals surface area (Å²) in [5.41, 5.74) is 7.94. The third-order valence-electron chi connectivity index (χ3n) is 5.79. The Labute approximate surface area is 224 Å². The number of hydrogen-bond donors (Lipinski definition) is 3. The second kappa shape index (κ2) is 10.7. The first-order valence-corrected chi connectivity index (χ1v) is 14.9. The van der Waals surface area contributed by atoms with Crippen LogP contribution in [0.15, 0.2) is 52.3 Å². The number of nitrogens with two attached hydrogens (primary N) is 1. The number of carboxylic acids is 1. The van der Waals surface area contributed by atoms with Crippen molar-refractivity contribution in [1.82, 2.24) is 25.4 Å². The number of thioether (sulfide) groups is 3. The predicted molar refractivity (Wildman–Crippen MR) is 141 cm³/mol. The van der Waals surface area contributed by atoms with E-state index in [2.05, 4.69) is 10.3 Å². The summed E-state index contributed by atoms with van der Waals surface area (Å²) in [6.07, 6.45) is 7.05. The van der Waals surface area contributed by atoms with Crippen molar-refractivity contribution in [1.29, 1.82) is 0 Å². The second-order valence-corrected chi connectivity index (χ2v) is 11.4. The van der Waals surface area contributed by atoms with E-state index in [-0.39, 0.29) is 11.2 Å². The van der Waals surface area contributed by atoms with Crippen molar-refractivity contribution in [3.05, 3.63) is 57.9 Å². The van der Waals surface area contributed by atoms with Crippen molar-refractivity contribution in [2.24, 2.45) is 5.73 Å².